The first kappa shape index (κ1) is 40.6. The van der Waals surface area contributed by atoms with Gasteiger partial charge in [0.1, 0.15) is 12.4 Å². The lowest BCUT2D eigenvalue weighted by molar-refractivity contribution is -0.0282. The van der Waals surface area contributed by atoms with Crippen LogP contribution in [0.15, 0.2) is 30.3 Å². The van der Waals surface area contributed by atoms with Gasteiger partial charge in [0.15, 0.2) is 0 Å². The van der Waals surface area contributed by atoms with E-state index in [-0.39, 0.29) is 0 Å². The van der Waals surface area contributed by atoms with Gasteiger partial charge in [0.25, 0.3) is 0 Å². The van der Waals surface area contributed by atoms with E-state index in [0.717, 1.165) is 5.75 Å². The lowest BCUT2D eigenvalue weighted by Gasteiger charge is -2.09. The highest BCUT2D eigenvalue weighted by Crippen LogP contribution is 2.07. The average molecular weight is 637 g/mol. The Bertz CT molecular complexity index is 657. The maximum atomic E-state index is 5.55. The fourth-order valence-corrected chi connectivity index (χ4v) is 3.18. The van der Waals surface area contributed by atoms with E-state index in [2.05, 4.69) is 0 Å². The van der Waals surface area contributed by atoms with Gasteiger partial charge >= 0.3 is 0 Å². The maximum Gasteiger partial charge on any atom is 0.119 e. The van der Waals surface area contributed by atoms with Crippen LogP contribution in [0.5, 0.6) is 5.75 Å². The molecule has 0 aromatic heterocycles. The third-order valence-corrected chi connectivity index (χ3v) is 5.39. The summed E-state index contributed by atoms with van der Waals surface area (Å²) in [7, 11) is 1.65. The minimum absolute atomic E-state index is 0.511. The Morgan fingerprint density at radius 2 is 0.523 bits per heavy atom. The Morgan fingerprint density at radius 3 is 0.773 bits per heavy atom. The number of hydrogen-bond donors (Lipinski definition) is 0. The van der Waals surface area contributed by atoms with Crippen LogP contribution in [-0.4, -0.2) is 166 Å². The molecule has 1 rings (SSSR count). The van der Waals surface area contributed by atoms with Crippen LogP contribution < -0.4 is 4.74 Å². The van der Waals surface area contributed by atoms with Crippen LogP contribution in [0.2, 0.25) is 0 Å². The minimum Gasteiger partial charge on any atom is -0.491 e. The lowest BCUT2D eigenvalue weighted by Crippen LogP contribution is -2.15. The van der Waals surface area contributed by atoms with Crippen molar-refractivity contribution in [2.45, 2.75) is 0 Å². The summed E-state index contributed by atoms with van der Waals surface area (Å²) >= 11 is 0. The van der Waals surface area contributed by atoms with E-state index in [4.69, 9.17) is 61.6 Å². The summed E-state index contributed by atoms with van der Waals surface area (Å²) in [5.41, 5.74) is 0. The van der Waals surface area contributed by atoms with Crippen molar-refractivity contribution in [2.75, 3.05) is 166 Å². The number of methoxy groups -OCH3 is 1. The van der Waals surface area contributed by atoms with Gasteiger partial charge in [-0.25, -0.2) is 0 Å². The first-order chi connectivity index (χ1) is 21.9. The molecule has 1 aromatic carbocycles. The van der Waals surface area contributed by atoms with Gasteiger partial charge in [-0.3, -0.25) is 0 Å². The fourth-order valence-electron chi connectivity index (χ4n) is 3.18. The second kappa shape index (κ2) is 36.0. The Hall–Kier alpha value is -1.46. The summed E-state index contributed by atoms with van der Waals surface area (Å²) in [6.07, 6.45) is 0. The highest BCUT2D eigenvalue weighted by atomic mass is 16.6. The van der Waals surface area contributed by atoms with Crippen molar-refractivity contribution < 1.29 is 61.6 Å². The van der Waals surface area contributed by atoms with Crippen molar-refractivity contribution in [1.82, 2.24) is 0 Å². The first-order valence-electron chi connectivity index (χ1n) is 15.5. The molecule has 0 bridgehead atoms. The summed E-state index contributed by atoms with van der Waals surface area (Å²) in [6.45, 7) is 12.7. The van der Waals surface area contributed by atoms with Crippen LogP contribution in [-0.2, 0) is 56.8 Å². The van der Waals surface area contributed by atoms with E-state index in [0.29, 0.717) is 159 Å². The van der Waals surface area contributed by atoms with E-state index in [1.807, 2.05) is 30.3 Å². The third-order valence-electron chi connectivity index (χ3n) is 5.39. The Morgan fingerprint density at radius 1 is 0.295 bits per heavy atom. The van der Waals surface area contributed by atoms with Gasteiger partial charge in [0.05, 0.1) is 152 Å². The topological polar surface area (TPSA) is 120 Å². The standard InChI is InChI=1S/C31H56O13/c1-32-7-8-33-9-10-34-11-12-35-13-14-36-15-16-37-17-18-38-19-20-39-21-22-40-23-24-41-25-26-42-27-28-43-29-30-44-31-5-3-2-4-6-31/h2-6H,7-30H2,1H3. The molecule has 0 aliphatic heterocycles. The predicted molar refractivity (Wildman–Crippen MR) is 163 cm³/mol. The smallest absolute Gasteiger partial charge is 0.119 e. The molecule has 0 aliphatic carbocycles. The zero-order chi connectivity index (χ0) is 31.3. The molecule has 258 valence electrons. The molecular formula is C31H56O13. The number of para-hydroxylation sites is 1. The molecule has 0 aliphatic rings. The van der Waals surface area contributed by atoms with Crippen molar-refractivity contribution in [3.63, 3.8) is 0 Å². The normalized spacial score (nSPS) is 11.4. The van der Waals surface area contributed by atoms with Crippen molar-refractivity contribution in [1.29, 1.82) is 0 Å². The van der Waals surface area contributed by atoms with Crippen LogP contribution in [0.3, 0.4) is 0 Å². The number of benzene rings is 1. The minimum atomic E-state index is 0.511. The van der Waals surface area contributed by atoms with Crippen LogP contribution in [0.1, 0.15) is 0 Å². The fraction of sp³-hybridized carbons (Fsp3) is 0.806. The summed E-state index contributed by atoms with van der Waals surface area (Å²) < 4.78 is 70.3. The molecular weight excluding hydrogens is 580 g/mol. The molecule has 0 fully saturated rings. The molecule has 0 N–H and O–H groups in total. The molecule has 0 heterocycles. The molecule has 1 aromatic rings. The van der Waals surface area contributed by atoms with E-state index in [1.54, 1.807) is 7.11 Å². The summed E-state index contributed by atoms with van der Waals surface area (Å²) in [4.78, 5) is 0. The summed E-state index contributed by atoms with van der Waals surface area (Å²) in [5.74, 6) is 0.844. The van der Waals surface area contributed by atoms with Gasteiger partial charge in [-0.15, -0.1) is 0 Å². The predicted octanol–water partition coefficient (Wildman–Crippen LogP) is 1.89. The quantitative estimate of drug-likeness (QED) is 0.0990. The molecule has 0 saturated carbocycles. The zero-order valence-electron chi connectivity index (χ0n) is 26.7. The summed E-state index contributed by atoms with van der Waals surface area (Å²) in [6, 6.07) is 9.67. The van der Waals surface area contributed by atoms with Gasteiger partial charge < -0.3 is 61.6 Å². The van der Waals surface area contributed by atoms with E-state index in [9.17, 15) is 0 Å². The van der Waals surface area contributed by atoms with Crippen LogP contribution in [0.25, 0.3) is 0 Å². The van der Waals surface area contributed by atoms with Crippen molar-refractivity contribution in [3.8, 4) is 5.75 Å². The number of rotatable bonds is 37. The highest BCUT2D eigenvalue weighted by Gasteiger charge is 1.97. The first-order valence-corrected chi connectivity index (χ1v) is 15.5. The zero-order valence-corrected chi connectivity index (χ0v) is 26.7. The molecule has 0 spiro atoms. The third kappa shape index (κ3) is 31.9. The van der Waals surface area contributed by atoms with Gasteiger partial charge in [0, 0.05) is 7.11 Å². The van der Waals surface area contributed by atoms with Crippen LogP contribution in [0, 0.1) is 0 Å². The molecule has 0 unspecified atom stereocenters. The van der Waals surface area contributed by atoms with Gasteiger partial charge in [0.2, 0.25) is 0 Å². The molecule has 44 heavy (non-hydrogen) atoms. The summed E-state index contributed by atoms with van der Waals surface area (Å²) in [5, 5.41) is 0. The Labute approximate surface area is 263 Å². The maximum absolute atomic E-state index is 5.55. The largest absolute Gasteiger partial charge is 0.491 e. The van der Waals surface area contributed by atoms with Crippen LogP contribution in [0.4, 0.5) is 0 Å². The average Bonchev–Trinajstić information content (AvgIpc) is 3.05. The van der Waals surface area contributed by atoms with Crippen molar-refractivity contribution in [3.05, 3.63) is 30.3 Å². The highest BCUT2D eigenvalue weighted by molar-refractivity contribution is 5.20. The molecule has 0 radical (unpaired) electrons. The Balaban J connectivity index is 1.61. The second-order valence-corrected chi connectivity index (χ2v) is 8.89. The van der Waals surface area contributed by atoms with E-state index < -0.39 is 0 Å². The molecule has 13 nitrogen and oxygen atoms in total. The van der Waals surface area contributed by atoms with Gasteiger partial charge in [-0.1, -0.05) is 18.2 Å². The number of ether oxygens (including phenoxy) is 13. The molecule has 0 atom stereocenters. The lowest BCUT2D eigenvalue weighted by atomic mass is 10.3. The van der Waals surface area contributed by atoms with Crippen molar-refractivity contribution >= 4 is 0 Å². The second-order valence-electron chi connectivity index (χ2n) is 8.89. The Kier molecular flexibility index (Phi) is 33.2. The van der Waals surface area contributed by atoms with Crippen LogP contribution >= 0.6 is 0 Å². The van der Waals surface area contributed by atoms with Gasteiger partial charge in [-0.2, -0.15) is 0 Å². The molecule has 13 heteroatoms. The van der Waals surface area contributed by atoms with Crippen molar-refractivity contribution in [2.24, 2.45) is 0 Å². The molecule has 0 amide bonds. The SMILES string of the molecule is COCCOCCOCCOCCOCCOCCOCCOCCOCCOCCOCCOCCOc1ccccc1. The monoisotopic (exact) mass is 636 g/mol. The van der Waals surface area contributed by atoms with Gasteiger partial charge in [-0.05, 0) is 12.1 Å². The molecule has 0 saturated heterocycles. The van der Waals surface area contributed by atoms with E-state index >= 15 is 0 Å². The van der Waals surface area contributed by atoms with E-state index in [1.165, 1.54) is 0 Å². The number of hydrogen-bond acceptors (Lipinski definition) is 13.